The van der Waals surface area contributed by atoms with Crippen LogP contribution in [0.15, 0.2) is 36.5 Å². The van der Waals surface area contributed by atoms with E-state index in [1.807, 2.05) is 30.3 Å². The van der Waals surface area contributed by atoms with E-state index in [2.05, 4.69) is 25.8 Å². The van der Waals surface area contributed by atoms with E-state index in [-0.39, 0.29) is 5.69 Å². The Hall–Kier alpha value is -2.90. The maximum atomic E-state index is 10.6. The SMILES string of the molecule is O=Cc1cn(Cc2nnnn2Cc2ccccc2)nn1. The fourth-order valence-electron chi connectivity index (χ4n) is 1.81. The highest BCUT2D eigenvalue weighted by Crippen LogP contribution is 2.04. The molecule has 0 bridgehead atoms. The monoisotopic (exact) mass is 269 g/mol. The minimum atomic E-state index is 0.284. The van der Waals surface area contributed by atoms with Gasteiger partial charge in [-0.05, 0) is 16.0 Å². The van der Waals surface area contributed by atoms with Gasteiger partial charge in [0.15, 0.2) is 12.1 Å². The van der Waals surface area contributed by atoms with Gasteiger partial charge < -0.3 is 0 Å². The van der Waals surface area contributed by atoms with Gasteiger partial charge in [-0.25, -0.2) is 9.36 Å². The Morgan fingerprint density at radius 2 is 1.90 bits per heavy atom. The summed E-state index contributed by atoms with van der Waals surface area (Å²) in [5, 5.41) is 19.1. The van der Waals surface area contributed by atoms with E-state index >= 15 is 0 Å². The third kappa shape index (κ3) is 2.58. The molecule has 3 rings (SSSR count). The molecular weight excluding hydrogens is 258 g/mol. The predicted molar refractivity (Wildman–Crippen MR) is 67.9 cm³/mol. The first kappa shape index (κ1) is 12.2. The van der Waals surface area contributed by atoms with Crippen LogP contribution in [0.25, 0.3) is 0 Å². The van der Waals surface area contributed by atoms with Crippen molar-refractivity contribution in [1.29, 1.82) is 0 Å². The van der Waals surface area contributed by atoms with Gasteiger partial charge in [0.1, 0.15) is 12.2 Å². The molecule has 8 nitrogen and oxygen atoms in total. The Morgan fingerprint density at radius 3 is 2.65 bits per heavy atom. The third-order valence-corrected chi connectivity index (χ3v) is 2.76. The molecule has 0 atom stereocenters. The average molecular weight is 269 g/mol. The van der Waals surface area contributed by atoms with Crippen molar-refractivity contribution in [2.45, 2.75) is 13.1 Å². The summed E-state index contributed by atoms with van der Waals surface area (Å²) in [6, 6.07) is 9.90. The molecule has 0 unspecified atom stereocenters. The van der Waals surface area contributed by atoms with Gasteiger partial charge in [-0.15, -0.1) is 10.2 Å². The zero-order valence-corrected chi connectivity index (χ0v) is 10.5. The van der Waals surface area contributed by atoms with Gasteiger partial charge in [-0.1, -0.05) is 35.5 Å². The number of rotatable bonds is 5. The number of hydrogen-bond acceptors (Lipinski definition) is 6. The number of carbonyl (C=O) groups is 1. The molecule has 0 aliphatic heterocycles. The van der Waals surface area contributed by atoms with Gasteiger partial charge in [-0.2, -0.15) is 0 Å². The van der Waals surface area contributed by atoms with E-state index in [4.69, 9.17) is 0 Å². The molecule has 0 spiro atoms. The second kappa shape index (κ2) is 5.39. The van der Waals surface area contributed by atoms with Crippen LogP contribution in [-0.2, 0) is 13.1 Å². The molecular formula is C12H11N7O. The summed E-state index contributed by atoms with van der Waals surface area (Å²) in [4.78, 5) is 10.6. The van der Waals surface area contributed by atoms with Crippen molar-refractivity contribution in [3.63, 3.8) is 0 Å². The Morgan fingerprint density at radius 1 is 1.05 bits per heavy atom. The molecule has 0 aliphatic rings. The summed E-state index contributed by atoms with van der Waals surface area (Å²) in [7, 11) is 0. The standard InChI is InChI=1S/C12H11N7O/c20-9-11-7-18(16-13-11)8-12-14-15-17-19(12)6-10-4-2-1-3-5-10/h1-5,7,9H,6,8H2. The fraction of sp³-hybridized carbons (Fsp3) is 0.167. The van der Waals surface area contributed by atoms with Crippen molar-refractivity contribution < 1.29 is 4.79 Å². The van der Waals surface area contributed by atoms with Crippen LogP contribution in [0.5, 0.6) is 0 Å². The highest BCUT2D eigenvalue weighted by Gasteiger charge is 2.09. The second-order valence-corrected chi connectivity index (χ2v) is 4.20. The largest absolute Gasteiger partial charge is 0.296 e. The van der Waals surface area contributed by atoms with Crippen LogP contribution in [0.4, 0.5) is 0 Å². The number of aldehydes is 1. The summed E-state index contributed by atoms with van der Waals surface area (Å²) in [6.45, 7) is 0.944. The first-order valence-electron chi connectivity index (χ1n) is 5.99. The molecule has 2 aromatic heterocycles. The number of benzene rings is 1. The highest BCUT2D eigenvalue weighted by molar-refractivity contribution is 5.70. The Labute approximate surface area is 114 Å². The van der Waals surface area contributed by atoms with Crippen molar-refractivity contribution in [2.24, 2.45) is 0 Å². The van der Waals surface area contributed by atoms with Crippen molar-refractivity contribution in [3.8, 4) is 0 Å². The van der Waals surface area contributed by atoms with Crippen LogP contribution in [-0.4, -0.2) is 41.5 Å². The fourth-order valence-corrected chi connectivity index (χ4v) is 1.81. The van der Waals surface area contributed by atoms with E-state index in [9.17, 15) is 4.79 Å². The molecule has 0 aliphatic carbocycles. The van der Waals surface area contributed by atoms with Gasteiger partial charge in [-0.3, -0.25) is 4.79 Å². The van der Waals surface area contributed by atoms with Crippen LogP contribution in [0, 0.1) is 0 Å². The molecule has 1 aromatic carbocycles. The van der Waals surface area contributed by atoms with Crippen molar-refractivity contribution in [1.82, 2.24) is 35.2 Å². The van der Waals surface area contributed by atoms with E-state index in [1.165, 1.54) is 4.68 Å². The van der Waals surface area contributed by atoms with Gasteiger partial charge in [0.05, 0.1) is 12.7 Å². The minimum Gasteiger partial charge on any atom is -0.296 e. The zero-order chi connectivity index (χ0) is 13.8. The summed E-state index contributed by atoms with van der Waals surface area (Å²) < 4.78 is 3.22. The van der Waals surface area contributed by atoms with Crippen LogP contribution in [0.2, 0.25) is 0 Å². The lowest BCUT2D eigenvalue weighted by Crippen LogP contribution is -2.11. The van der Waals surface area contributed by atoms with E-state index in [1.54, 1.807) is 10.9 Å². The number of hydrogen-bond donors (Lipinski definition) is 0. The number of nitrogens with zero attached hydrogens (tertiary/aromatic N) is 7. The molecule has 2 heterocycles. The Kier molecular flexibility index (Phi) is 3.27. The summed E-state index contributed by atoms with van der Waals surface area (Å²) in [6.07, 6.45) is 2.20. The molecule has 3 aromatic rings. The molecule has 0 N–H and O–H groups in total. The number of carbonyl (C=O) groups excluding carboxylic acids is 1. The third-order valence-electron chi connectivity index (χ3n) is 2.76. The Bertz CT molecular complexity index is 703. The van der Waals surface area contributed by atoms with Gasteiger partial charge in [0.25, 0.3) is 0 Å². The van der Waals surface area contributed by atoms with Gasteiger partial charge in [0, 0.05) is 0 Å². The molecule has 20 heavy (non-hydrogen) atoms. The summed E-state index contributed by atoms with van der Waals surface area (Å²) in [5.74, 6) is 0.649. The minimum absolute atomic E-state index is 0.284. The lowest BCUT2D eigenvalue weighted by molar-refractivity contribution is 0.111. The van der Waals surface area contributed by atoms with Crippen molar-refractivity contribution in [2.75, 3.05) is 0 Å². The molecule has 0 radical (unpaired) electrons. The van der Waals surface area contributed by atoms with Crippen LogP contribution < -0.4 is 0 Å². The number of tetrazole rings is 1. The van der Waals surface area contributed by atoms with Crippen molar-refractivity contribution >= 4 is 6.29 Å². The normalized spacial score (nSPS) is 10.6. The van der Waals surface area contributed by atoms with Gasteiger partial charge >= 0.3 is 0 Å². The molecule has 100 valence electrons. The van der Waals surface area contributed by atoms with Crippen LogP contribution in [0.3, 0.4) is 0 Å². The van der Waals surface area contributed by atoms with Crippen LogP contribution in [0.1, 0.15) is 21.9 Å². The zero-order valence-electron chi connectivity index (χ0n) is 10.5. The smallest absolute Gasteiger partial charge is 0.173 e. The van der Waals surface area contributed by atoms with E-state index in [0.717, 1.165) is 5.56 Å². The first-order valence-corrected chi connectivity index (χ1v) is 5.99. The summed E-state index contributed by atoms with van der Waals surface area (Å²) in [5.41, 5.74) is 1.39. The number of aromatic nitrogens is 7. The molecule has 8 heteroatoms. The van der Waals surface area contributed by atoms with E-state index in [0.29, 0.717) is 25.2 Å². The average Bonchev–Trinajstić information content (AvgIpc) is 3.10. The van der Waals surface area contributed by atoms with Crippen LogP contribution >= 0.6 is 0 Å². The topological polar surface area (TPSA) is 91.4 Å². The maximum Gasteiger partial charge on any atom is 0.173 e. The first-order chi connectivity index (χ1) is 9.85. The lowest BCUT2D eigenvalue weighted by atomic mass is 10.2. The van der Waals surface area contributed by atoms with Crippen molar-refractivity contribution in [3.05, 3.63) is 53.6 Å². The summed E-state index contributed by atoms with van der Waals surface area (Å²) >= 11 is 0. The highest BCUT2D eigenvalue weighted by atomic mass is 16.1. The maximum absolute atomic E-state index is 10.6. The second-order valence-electron chi connectivity index (χ2n) is 4.20. The molecule has 0 amide bonds. The Balaban J connectivity index is 1.78. The predicted octanol–water partition coefficient (Wildman–Crippen LogP) is 0.174. The lowest BCUT2D eigenvalue weighted by Gasteiger charge is -2.04. The molecule has 0 fully saturated rings. The molecule has 0 saturated carbocycles. The van der Waals surface area contributed by atoms with E-state index < -0.39 is 0 Å². The quantitative estimate of drug-likeness (QED) is 0.613. The van der Waals surface area contributed by atoms with Gasteiger partial charge in [0.2, 0.25) is 0 Å². The molecule has 0 saturated heterocycles.